The second-order valence-corrected chi connectivity index (χ2v) is 10.6. The zero-order chi connectivity index (χ0) is 21.7. The molecule has 0 amide bonds. The third kappa shape index (κ3) is 3.39. The van der Waals surface area contributed by atoms with Gasteiger partial charge in [-0.05, 0) is 80.3 Å². The maximum Gasteiger partial charge on any atom is 0.307 e. The molecule has 0 N–H and O–H groups in total. The van der Waals surface area contributed by atoms with Gasteiger partial charge in [0.05, 0.1) is 0 Å². The fourth-order valence-electron chi connectivity index (χ4n) is 7.26. The van der Waals surface area contributed by atoms with Crippen LogP contribution in [0.1, 0.15) is 72.1 Å². The number of hydrogen-bond acceptors (Lipinski definition) is 4. The van der Waals surface area contributed by atoms with E-state index < -0.39 is 11.5 Å². The molecule has 0 heterocycles. The quantitative estimate of drug-likeness (QED) is 0.431. The molecular weight excluding hydrogens is 400 g/mol. The fourth-order valence-corrected chi connectivity index (χ4v) is 7.51. The number of ether oxygens (including phenoxy) is 1. The summed E-state index contributed by atoms with van der Waals surface area (Å²) in [5, 5.41) is 0. The van der Waals surface area contributed by atoms with Crippen LogP contribution in [0, 0.1) is 34.5 Å². The number of allylic oxidation sites excluding steroid dienone is 4. The molecule has 0 aromatic heterocycles. The molecule has 3 fully saturated rings. The van der Waals surface area contributed by atoms with E-state index >= 15 is 0 Å². The van der Waals surface area contributed by atoms with Crippen molar-refractivity contribution in [2.75, 3.05) is 0 Å². The second kappa shape index (κ2) is 7.93. The number of halogens is 1. The third-order valence-electron chi connectivity index (χ3n) is 8.81. The maximum absolute atomic E-state index is 13.2. The maximum atomic E-state index is 13.2. The van der Waals surface area contributed by atoms with E-state index in [2.05, 4.69) is 19.9 Å². The molecule has 3 saturated carbocycles. The number of carbonyl (C=O) groups excluding carboxylic acids is 3. The predicted molar refractivity (Wildman–Crippen MR) is 116 cm³/mol. The zero-order valence-electron chi connectivity index (χ0n) is 18.3. The number of esters is 1. The van der Waals surface area contributed by atoms with Crippen LogP contribution in [0.15, 0.2) is 23.8 Å². The topological polar surface area (TPSA) is 60.4 Å². The highest BCUT2D eigenvalue weighted by molar-refractivity contribution is 6.30. The van der Waals surface area contributed by atoms with Gasteiger partial charge in [-0.2, -0.15) is 0 Å². The standard InChI is InChI=1S/C25H33ClO4/c1-4-5-21(28)30-23(26)22(29)20-9-8-18-17-7-6-15-14-16(27)10-12-24(15,2)19(17)11-13-25(18,20)3/h10,12,14,17-20,23H,4-9,11,13H2,1-3H3/t17-,18-,19-,20+,23?,24-,25-/m0/s1. The van der Waals surface area contributed by atoms with Crippen LogP contribution in [-0.4, -0.2) is 23.1 Å². The molecule has 4 rings (SSSR count). The lowest BCUT2D eigenvalue weighted by atomic mass is 9.47. The minimum atomic E-state index is -1.17. The number of rotatable bonds is 5. The Morgan fingerprint density at radius 2 is 1.97 bits per heavy atom. The lowest BCUT2D eigenvalue weighted by Gasteiger charge is -2.57. The third-order valence-corrected chi connectivity index (χ3v) is 9.12. The van der Waals surface area contributed by atoms with Crippen molar-refractivity contribution in [2.24, 2.45) is 34.5 Å². The van der Waals surface area contributed by atoms with Crippen molar-refractivity contribution >= 4 is 29.1 Å². The summed E-state index contributed by atoms with van der Waals surface area (Å²) in [5.41, 5.74) is -0.0126. The Morgan fingerprint density at radius 3 is 2.70 bits per heavy atom. The van der Waals surface area contributed by atoms with Crippen LogP contribution >= 0.6 is 11.6 Å². The highest BCUT2D eigenvalue weighted by atomic mass is 35.5. The van der Waals surface area contributed by atoms with E-state index in [0.29, 0.717) is 24.2 Å². The van der Waals surface area contributed by atoms with Crippen molar-refractivity contribution in [2.45, 2.75) is 77.7 Å². The number of fused-ring (bicyclic) bond motifs is 5. The van der Waals surface area contributed by atoms with Crippen molar-refractivity contribution in [3.63, 3.8) is 0 Å². The zero-order valence-corrected chi connectivity index (χ0v) is 19.0. The summed E-state index contributed by atoms with van der Waals surface area (Å²) >= 11 is 6.26. The van der Waals surface area contributed by atoms with E-state index in [1.165, 1.54) is 5.57 Å². The fraction of sp³-hybridized carbons (Fsp3) is 0.720. The van der Waals surface area contributed by atoms with Crippen molar-refractivity contribution in [3.05, 3.63) is 23.8 Å². The summed E-state index contributed by atoms with van der Waals surface area (Å²) in [6.45, 7) is 6.45. The summed E-state index contributed by atoms with van der Waals surface area (Å²) in [6, 6.07) is 0. The Morgan fingerprint density at radius 1 is 1.20 bits per heavy atom. The highest BCUT2D eigenvalue weighted by Crippen LogP contribution is 2.66. The molecule has 1 unspecified atom stereocenters. The molecule has 0 radical (unpaired) electrons. The van der Waals surface area contributed by atoms with Gasteiger partial charge in [0.15, 0.2) is 11.6 Å². The van der Waals surface area contributed by atoms with E-state index in [0.717, 1.165) is 38.5 Å². The lowest BCUT2D eigenvalue weighted by molar-refractivity contribution is -0.153. The van der Waals surface area contributed by atoms with Crippen LogP contribution < -0.4 is 0 Å². The lowest BCUT2D eigenvalue weighted by Crippen LogP contribution is -2.51. The average Bonchev–Trinajstić information content (AvgIpc) is 3.05. The Hall–Kier alpha value is -1.42. The minimum absolute atomic E-state index is 0.0368. The van der Waals surface area contributed by atoms with Gasteiger partial charge in [0.2, 0.25) is 5.56 Å². The van der Waals surface area contributed by atoms with Gasteiger partial charge < -0.3 is 4.74 Å². The summed E-state index contributed by atoms with van der Waals surface area (Å²) in [7, 11) is 0. The number of carbonyl (C=O) groups is 3. The van der Waals surface area contributed by atoms with Crippen molar-refractivity contribution in [1.82, 2.24) is 0 Å². The van der Waals surface area contributed by atoms with Gasteiger partial charge in [0, 0.05) is 17.8 Å². The first-order valence-corrected chi connectivity index (χ1v) is 12.0. The Bertz CT molecular complexity index is 814. The smallest absolute Gasteiger partial charge is 0.307 e. The Kier molecular flexibility index (Phi) is 5.76. The molecule has 30 heavy (non-hydrogen) atoms. The number of alkyl halides is 1. The molecule has 4 aliphatic carbocycles. The molecule has 0 aliphatic heterocycles. The molecule has 0 saturated heterocycles. The predicted octanol–water partition coefficient (Wildman–Crippen LogP) is 5.39. The SMILES string of the molecule is CCCC(=O)OC(Cl)C(=O)[C@H]1CC[C@H]2[C@@H]3CCC4=CC(=O)C=C[C@]4(C)[C@H]3CC[C@]12C. The van der Waals surface area contributed by atoms with E-state index in [9.17, 15) is 14.4 Å². The first-order chi connectivity index (χ1) is 14.2. The number of hydrogen-bond donors (Lipinski definition) is 0. The highest BCUT2D eigenvalue weighted by Gasteiger charge is 2.60. The van der Waals surface area contributed by atoms with Gasteiger partial charge in [-0.25, -0.2) is 0 Å². The normalized spacial score (nSPS) is 40.7. The first-order valence-electron chi connectivity index (χ1n) is 11.5. The van der Waals surface area contributed by atoms with Gasteiger partial charge in [-0.3, -0.25) is 14.4 Å². The molecule has 0 aromatic carbocycles. The van der Waals surface area contributed by atoms with E-state index in [-0.39, 0.29) is 34.7 Å². The molecule has 5 heteroatoms. The van der Waals surface area contributed by atoms with Gasteiger partial charge >= 0.3 is 5.97 Å². The van der Waals surface area contributed by atoms with Crippen LogP contribution in [-0.2, 0) is 19.1 Å². The Balaban J connectivity index is 1.52. The van der Waals surface area contributed by atoms with Crippen LogP contribution in [0.2, 0.25) is 0 Å². The Labute approximate surface area is 184 Å². The average molecular weight is 433 g/mol. The molecule has 0 spiro atoms. The summed E-state index contributed by atoms with van der Waals surface area (Å²) < 4.78 is 5.22. The van der Waals surface area contributed by atoms with Crippen molar-refractivity contribution < 1.29 is 19.1 Å². The minimum Gasteiger partial charge on any atom is -0.438 e. The second-order valence-electron chi connectivity index (χ2n) is 10.2. The molecule has 0 bridgehead atoms. The first kappa shape index (κ1) is 21.8. The molecule has 7 atom stereocenters. The summed E-state index contributed by atoms with van der Waals surface area (Å²) in [5.74, 6) is 1.00. The van der Waals surface area contributed by atoms with Crippen LogP contribution in [0.4, 0.5) is 0 Å². The largest absolute Gasteiger partial charge is 0.438 e. The van der Waals surface area contributed by atoms with Gasteiger partial charge in [0.25, 0.3) is 0 Å². The van der Waals surface area contributed by atoms with Gasteiger partial charge in [-0.15, -0.1) is 0 Å². The molecular formula is C25H33ClO4. The molecule has 4 aliphatic rings. The van der Waals surface area contributed by atoms with E-state index in [1.807, 2.05) is 13.0 Å². The van der Waals surface area contributed by atoms with Crippen LogP contribution in [0.25, 0.3) is 0 Å². The molecule has 4 nitrogen and oxygen atoms in total. The van der Waals surface area contributed by atoms with Crippen molar-refractivity contribution in [3.8, 4) is 0 Å². The van der Waals surface area contributed by atoms with Crippen molar-refractivity contribution in [1.29, 1.82) is 0 Å². The summed E-state index contributed by atoms with van der Waals surface area (Å²) in [4.78, 5) is 36.9. The number of Topliss-reactive ketones (excluding diaryl/α,β-unsaturated/α-hetero) is 1. The van der Waals surface area contributed by atoms with E-state index in [1.54, 1.807) is 6.08 Å². The molecule has 0 aromatic rings. The van der Waals surface area contributed by atoms with Gasteiger partial charge in [0.1, 0.15) is 0 Å². The summed E-state index contributed by atoms with van der Waals surface area (Å²) in [6.07, 6.45) is 12.6. The number of ketones is 2. The van der Waals surface area contributed by atoms with Crippen LogP contribution in [0.5, 0.6) is 0 Å². The van der Waals surface area contributed by atoms with E-state index in [4.69, 9.17) is 16.3 Å². The van der Waals surface area contributed by atoms with Crippen LogP contribution in [0.3, 0.4) is 0 Å². The monoisotopic (exact) mass is 432 g/mol. The molecule has 164 valence electrons. The van der Waals surface area contributed by atoms with Gasteiger partial charge in [-0.1, -0.05) is 44.0 Å².